The molecule has 0 fully saturated rings. The monoisotopic (exact) mass is 291 g/mol. The van der Waals surface area contributed by atoms with Gasteiger partial charge in [-0.25, -0.2) is 4.63 Å². The Bertz CT molecular complexity index is 556. The van der Waals surface area contributed by atoms with Crippen molar-refractivity contribution in [1.29, 1.82) is 0 Å². The summed E-state index contributed by atoms with van der Waals surface area (Å²) in [4.78, 5) is 2.12. The Kier molecular flexibility index (Phi) is 5.39. The van der Waals surface area contributed by atoms with E-state index in [4.69, 9.17) is 10.5 Å². The maximum Gasteiger partial charge on any atom is 0.215 e. The third kappa shape index (κ3) is 4.96. The maximum atomic E-state index is 5.73. The summed E-state index contributed by atoms with van der Waals surface area (Å²) >= 11 is 0. The van der Waals surface area contributed by atoms with Crippen molar-refractivity contribution in [3.8, 4) is 5.75 Å². The average molecular weight is 291 g/mol. The van der Waals surface area contributed by atoms with Gasteiger partial charge in [-0.05, 0) is 48.5 Å². The SMILES string of the molecule is CN(C)Cc1cccc(OCCCNc2nonc2N)c1. The summed E-state index contributed by atoms with van der Waals surface area (Å²) in [5.74, 6) is 1.63. The van der Waals surface area contributed by atoms with Crippen LogP contribution in [0.5, 0.6) is 5.75 Å². The molecule has 0 aliphatic rings. The molecule has 0 aliphatic heterocycles. The van der Waals surface area contributed by atoms with Gasteiger partial charge < -0.3 is 20.7 Å². The predicted octanol–water partition coefficient (Wildman–Crippen LogP) is 1.59. The number of benzene rings is 1. The summed E-state index contributed by atoms with van der Waals surface area (Å²) in [7, 11) is 4.09. The summed E-state index contributed by atoms with van der Waals surface area (Å²) < 4.78 is 10.2. The molecule has 21 heavy (non-hydrogen) atoms. The Hall–Kier alpha value is -2.28. The first kappa shape index (κ1) is 15.1. The standard InChI is InChI=1S/C14H21N5O2/c1-19(2)10-11-5-3-6-12(9-11)20-8-4-7-16-14-13(15)17-21-18-14/h3,5-6,9H,4,7-8,10H2,1-2H3,(H2,15,17)(H,16,18). The number of anilines is 2. The highest BCUT2D eigenvalue weighted by Crippen LogP contribution is 2.15. The molecule has 0 radical (unpaired) electrons. The number of ether oxygens (including phenoxy) is 1. The number of nitrogens with zero attached hydrogens (tertiary/aromatic N) is 3. The molecule has 7 nitrogen and oxygen atoms in total. The number of nitrogens with one attached hydrogen (secondary N) is 1. The molecule has 2 aromatic rings. The Balaban J connectivity index is 1.70. The van der Waals surface area contributed by atoms with Crippen molar-refractivity contribution in [2.75, 3.05) is 38.3 Å². The fraction of sp³-hybridized carbons (Fsp3) is 0.429. The summed E-state index contributed by atoms with van der Waals surface area (Å²) in [5, 5.41) is 10.2. The predicted molar refractivity (Wildman–Crippen MR) is 81.1 cm³/mol. The molecule has 0 spiro atoms. The minimum Gasteiger partial charge on any atom is -0.494 e. The zero-order valence-corrected chi connectivity index (χ0v) is 12.4. The number of nitrogen functional groups attached to an aromatic ring is 1. The molecular weight excluding hydrogens is 270 g/mol. The fourth-order valence-corrected chi connectivity index (χ4v) is 1.89. The lowest BCUT2D eigenvalue weighted by Gasteiger charge is -2.11. The van der Waals surface area contributed by atoms with Crippen molar-refractivity contribution in [2.45, 2.75) is 13.0 Å². The van der Waals surface area contributed by atoms with Crippen LogP contribution >= 0.6 is 0 Å². The topological polar surface area (TPSA) is 89.4 Å². The maximum absolute atomic E-state index is 5.73. The number of hydrogen-bond donors (Lipinski definition) is 2. The van der Waals surface area contributed by atoms with E-state index in [1.165, 1.54) is 5.56 Å². The Morgan fingerprint density at radius 3 is 2.90 bits per heavy atom. The Labute approximate surface area is 124 Å². The van der Waals surface area contributed by atoms with Gasteiger partial charge in [0.15, 0.2) is 0 Å². The van der Waals surface area contributed by atoms with Gasteiger partial charge in [0.2, 0.25) is 11.6 Å². The molecule has 114 valence electrons. The van der Waals surface area contributed by atoms with Crippen LogP contribution in [-0.4, -0.2) is 42.5 Å². The fourth-order valence-electron chi connectivity index (χ4n) is 1.89. The van der Waals surface area contributed by atoms with E-state index in [0.717, 1.165) is 18.7 Å². The third-order valence-electron chi connectivity index (χ3n) is 2.79. The zero-order valence-electron chi connectivity index (χ0n) is 12.4. The number of nitrogens with two attached hydrogens (primary N) is 1. The average Bonchev–Trinajstić information content (AvgIpc) is 2.84. The molecule has 3 N–H and O–H groups in total. The lowest BCUT2D eigenvalue weighted by atomic mass is 10.2. The van der Waals surface area contributed by atoms with Gasteiger partial charge in [0.05, 0.1) is 6.61 Å². The van der Waals surface area contributed by atoms with Crippen LogP contribution in [0.2, 0.25) is 0 Å². The minimum atomic E-state index is 0.271. The van der Waals surface area contributed by atoms with E-state index < -0.39 is 0 Å². The molecule has 0 amide bonds. The van der Waals surface area contributed by atoms with Crippen LogP contribution in [0.25, 0.3) is 0 Å². The van der Waals surface area contributed by atoms with Gasteiger partial charge in [-0.1, -0.05) is 12.1 Å². The van der Waals surface area contributed by atoms with Crippen molar-refractivity contribution in [3.05, 3.63) is 29.8 Å². The first-order chi connectivity index (χ1) is 10.1. The van der Waals surface area contributed by atoms with Gasteiger partial charge in [0, 0.05) is 13.1 Å². The summed E-state index contributed by atoms with van der Waals surface area (Å²) in [6.45, 7) is 2.20. The number of rotatable bonds is 8. The van der Waals surface area contributed by atoms with Crippen molar-refractivity contribution in [1.82, 2.24) is 15.2 Å². The van der Waals surface area contributed by atoms with Crippen LogP contribution in [0.15, 0.2) is 28.9 Å². The molecule has 1 aromatic heterocycles. The minimum absolute atomic E-state index is 0.271. The van der Waals surface area contributed by atoms with Crippen molar-refractivity contribution < 1.29 is 9.37 Å². The highest BCUT2D eigenvalue weighted by molar-refractivity contribution is 5.53. The zero-order chi connectivity index (χ0) is 15.1. The van der Waals surface area contributed by atoms with E-state index in [9.17, 15) is 0 Å². The molecule has 2 rings (SSSR count). The van der Waals surface area contributed by atoms with E-state index in [1.807, 2.05) is 26.2 Å². The first-order valence-electron chi connectivity index (χ1n) is 6.83. The molecule has 0 bridgehead atoms. The van der Waals surface area contributed by atoms with Crippen LogP contribution in [0.1, 0.15) is 12.0 Å². The molecule has 0 unspecified atom stereocenters. The van der Waals surface area contributed by atoms with Gasteiger partial charge in [0.25, 0.3) is 0 Å². The van der Waals surface area contributed by atoms with Crippen LogP contribution in [0.3, 0.4) is 0 Å². The molecule has 1 heterocycles. The van der Waals surface area contributed by atoms with Gasteiger partial charge in [-0.15, -0.1) is 0 Å². The molecule has 0 saturated carbocycles. The van der Waals surface area contributed by atoms with E-state index >= 15 is 0 Å². The van der Waals surface area contributed by atoms with E-state index in [2.05, 4.69) is 37.3 Å². The van der Waals surface area contributed by atoms with Crippen LogP contribution in [-0.2, 0) is 6.54 Å². The van der Waals surface area contributed by atoms with Crippen molar-refractivity contribution >= 4 is 11.6 Å². The van der Waals surface area contributed by atoms with E-state index in [1.54, 1.807) is 0 Å². The summed E-state index contributed by atoms with van der Waals surface area (Å²) in [5.41, 5.74) is 6.77. The summed E-state index contributed by atoms with van der Waals surface area (Å²) in [6.07, 6.45) is 0.824. The Morgan fingerprint density at radius 1 is 1.33 bits per heavy atom. The summed E-state index contributed by atoms with van der Waals surface area (Å²) in [6, 6.07) is 8.13. The highest BCUT2D eigenvalue weighted by atomic mass is 16.6. The molecule has 0 saturated heterocycles. The second-order valence-electron chi connectivity index (χ2n) is 5.01. The second-order valence-corrected chi connectivity index (χ2v) is 5.01. The van der Waals surface area contributed by atoms with Gasteiger partial charge >= 0.3 is 0 Å². The third-order valence-corrected chi connectivity index (χ3v) is 2.79. The van der Waals surface area contributed by atoms with E-state index in [0.29, 0.717) is 19.0 Å². The quantitative estimate of drug-likeness (QED) is 0.714. The van der Waals surface area contributed by atoms with Crippen LogP contribution in [0, 0.1) is 0 Å². The lowest BCUT2D eigenvalue weighted by Crippen LogP contribution is -2.11. The van der Waals surface area contributed by atoms with E-state index in [-0.39, 0.29) is 5.82 Å². The second kappa shape index (κ2) is 7.49. The molecular formula is C14H21N5O2. The van der Waals surface area contributed by atoms with Crippen molar-refractivity contribution in [2.24, 2.45) is 0 Å². The first-order valence-corrected chi connectivity index (χ1v) is 6.83. The van der Waals surface area contributed by atoms with Crippen molar-refractivity contribution in [3.63, 3.8) is 0 Å². The molecule has 1 aromatic carbocycles. The highest BCUT2D eigenvalue weighted by Gasteiger charge is 2.04. The molecule has 0 atom stereocenters. The normalized spacial score (nSPS) is 10.8. The Morgan fingerprint density at radius 2 is 2.19 bits per heavy atom. The molecule has 0 aliphatic carbocycles. The number of hydrogen-bond acceptors (Lipinski definition) is 7. The van der Waals surface area contributed by atoms with Gasteiger partial charge in [-0.2, -0.15) is 0 Å². The smallest absolute Gasteiger partial charge is 0.215 e. The van der Waals surface area contributed by atoms with Gasteiger partial charge in [-0.3, -0.25) is 0 Å². The number of aromatic nitrogens is 2. The lowest BCUT2D eigenvalue weighted by molar-refractivity contribution is 0.308. The van der Waals surface area contributed by atoms with Gasteiger partial charge in [0.1, 0.15) is 5.75 Å². The largest absolute Gasteiger partial charge is 0.494 e. The van der Waals surface area contributed by atoms with Crippen LogP contribution in [0.4, 0.5) is 11.6 Å². The van der Waals surface area contributed by atoms with Crippen LogP contribution < -0.4 is 15.8 Å². The molecule has 7 heteroatoms.